The minimum absolute atomic E-state index is 0.402. The largest absolute Gasteiger partial charge is 0.501 e. The van der Waals surface area contributed by atoms with Crippen LogP contribution in [0.3, 0.4) is 0 Å². The Hall–Kier alpha value is 0.827. The highest BCUT2D eigenvalue weighted by Crippen LogP contribution is 2.35. The van der Waals surface area contributed by atoms with Crippen LogP contribution >= 0.6 is 22.6 Å². The second kappa shape index (κ2) is 9.50. The van der Waals surface area contributed by atoms with Crippen LogP contribution in [0.25, 0.3) is 0 Å². The van der Waals surface area contributed by atoms with Gasteiger partial charge in [-0.1, -0.05) is 61.1 Å². The summed E-state index contributed by atoms with van der Waals surface area (Å²) < 4.78 is 21.3. The summed E-state index contributed by atoms with van der Waals surface area (Å²) in [5.41, 5.74) is 0. The lowest BCUT2D eigenvalue weighted by Gasteiger charge is -2.36. The van der Waals surface area contributed by atoms with Crippen LogP contribution in [-0.4, -0.2) is 31.5 Å². The van der Waals surface area contributed by atoms with Crippen molar-refractivity contribution in [1.29, 1.82) is 0 Å². The number of halogens is 1. The molecule has 3 nitrogen and oxygen atoms in total. The SMILES string of the molecule is ICCC[Si](OC1CCCC1)(OC1CCCC1)OC1CCCC1. The van der Waals surface area contributed by atoms with Crippen LogP contribution in [0.4, 0.5) is 0 Å². The number of rotatable bonds is 9. The minimum Gasteiger partial charge on any atom is -0.370 e. The first-order chi connectivity index (χ1) is 11.3. The molecule has 0 N–H and O–H groups in total. The fraction of sp³-hybridized carbons (Fsp3) is 1.00. The summed E-state index contributed by atoms with van der Waals surface area (Å²) in [6.45, 7) is 0. The van der Waals surface area contributed by atoms with E-state index >= 15 is 0 Å². The molecule has 3 aliphatic carbocycles. The first kappa shape index (κ1) is 18.6. The van der Waals surface area contributed by atoms with Crippen molar-refractivity contribution in [2.75, 3.05) is 4.43 Å². The van der Waals surface area contributed by atoms with Gasteiger partial charge in [0.1, 0.15) is 0 Å². The van der Waals surface area contributed by atoms with Gasteiger partial charge in [0.2, 0.25) is 0 Å². The van der Waals surface area contributed by atoms with Gasteiger partial charge in [-0.15, -0.1) is 0 Å². The normalized spacial score (nSPS) is 24.9. The van der Waals surface area contributed by atoms with E-state index in [9.17, 15) is 0 Å². The van der Waals surface area contributed by atoms with Crippen molar-refractivity contribution >= 4 is 31.4 Å². The Bertz CT molecular complexity index is 292. The van der Waals surface area contributed by atoms with Crippen molar-refractivity contribution in [3.63, 3.8) is 0 Å². The molecular formula is C18H33IO3Si. The van der Waals surface area contributed by atoms with E-state index in [1.165, 1.54) is 87.9 Å². The maximum absolute atomic E-state index is 6.72. The number of alkyl halides is 1. The summed E-state index contributed by atoms with van der Waals surface area (Å²) in [5.74, 6) is 0. The van der Waals surface area contributed by atoms with Crippen LogP contribution in [0.5, 0.6) is 0 Å². The molecule has 134 valence electrons. The molecule has 3 saturated carbocycles. The Morgan fingerprint density at radius 2 is 1.00 bits per heavy atom. The number of hydrogen-bond donors (Lipinski definition) is 0. The van der Waals surface area contributed by atoms with Crippen LogP contribution in [-0.2, 0) is 13.3 Å². The Morgan fingerprint density at radius 3 is 1.30 bits per heavy atom. The molecular weight excluding hydrogens is 419 g/mol. The molecule has 0 saturated heterocycles. The second-order valence-electron chi connectivity index (χ2n) is 7.55. The zero-order valence-corrected chi connectivity index (χ0v) is 17.6. The zero-order valence-electron chi connectivity index (χ0n) is 14.4. The summed E-state index contributed by atoms with van der Waals surface area (Å²) in [5, 5.41) is 0. The molecule has 0 heterocycles. The van der Waals surface area contributed by atoms with Gasteiger partial charge in [0.25, 0.3) is 0 Å². The second-order valence-corrected chi connectivity index (χ2v) is 11.2. The molecule has 0 amide bonds. The average Bonchev–Trinajstić information content (AvgIpc) is 3.28. The maximum Gasteiger partial charge on any atom is 0.501 e. The average molecular weight is 452 g/mol. The van der Waals surface area contributed by atoms with Gasteiger partial charge in [-0.25, -0.2) is 0 Å². The predicted molar refractivity (Wildman–Crippen MR) is 104 cm³/mol. The van der Waals surface area contributed by atoms with Gasteiger partial charge in [0, 0.05) is 24.4 Å². The molecule has 0 unspecified atom stereocenters. The smallest absolute Gasteiger partial charge is 0.370 e. The quantitative estimate of drug-likeness (QED) is 0.258. The van der Waals surface area contributed by atoms with E-state index in [2.05, 4.69) is 22.6 Å². The fourth-order valence-corrected chi connectivity index (χ4v) is 8.79. The molecule has 23 heavy (non-hydrogen) atoms. The van der Waals surface area contributed by atoms with Crippen molar-refractivity contribution < 1.29 is 13.3 Å². The lowest BCUT2D eigenvalue weighted by atomic mass is 10.3. The molecule has 3 fully saturated rings. The van der Waals surface area contributed by atoms with E-state index in [0.29, 0.717) is 18.3 Å². The summed E-state index contributed by atoms with van der Waals surface area (Å²) in [6, 6.07) is 1.03. The molecule has 0 bridgehead atoms. The molecule has 3 rings (SSSR count). The van der Waals surface area contributed by atoms with Gasteiger partial charge < -0.3 is 13.3 Å². The van der Waals surface area contributed by atoms with Crippen molar-refractivity contribution in [1.82, 2.24) is 0 Å². The van der Waals surface area contributed by atoms with Gasteiger partial charge >= 0.3 is 8.80 Å². The van der Waals surface area contributed by atoms with Crippen molar-refractivity contribution in [2.24, 2.45) is 0 Å². The molecule has 5 heteroatoms. The van der Waals surface area contributed by atoms with Crippen LogP contribution in [0.15, 0.2) is 0 Å². The van der Waals surface area contributed by atoms with Crippen LogP contribution < -0.4 is 0 Å². The Labute approximate surface area is 156 Å². The topological polar surface area (TPSA) is 27.7 Å². The first-order valence-electron chi connectivity index (χ1n) is 9.89. The summed E-state index contributed by atoms with van der Waals surface area (Å²) in [7, 11) is -2.52. The van der Waals surface area contributed by atoms with Crippen molar-refractivity contribution in [3.8, 4) is 0 Å². The molecule has 3 aliphatic rings. The monoisotopic (exact) mass is 452 g/mol. The van der Waals surface area contributed by atoms with Crippen molar-refractivity contribution in [2.45, 2.75) is 108 Å². The fourth-order valence-electron chi connectivity index (χ4n) is 4.32. The van der Waals surface area contributed by atoms with E-state index < -0.39 is 8.80 Å². The molecule has 0 aromatic heterocycles. The highest BCUT2D eigenvalue weighted by Gasteiger charge is 2.47. The molecule has 0 aromatic rings. The first-order valence-corrected chi connectivity index (χ1v) is 13.3. The van der Waals surface area contributed by atoms with E-state index in [1.54, 1.807) is 0 Å². The standard InChI is InChI=1S/C18H33IO3Si/c19-14-7-15-23(20-16-8-1-2-9-16,21-17-10-3-4-11-17)22-18-12-5-6-13-18/h16-18H,1-15H2. The molecule has 0 spiro atoms. The van der Waals surface area contributed by atoms with Gasteiger partial charge in [-0.2, -0.15) is 0 Å². The van der Waals surface area contributed by atoms with Crippen LogP contribution in [0.2, 0.25) is 6.04 Å². The lowest BCUT2D eigenvalue weighted by Crippen LogP contribution is -2.52. The summed E-state index contributed by atoms with van der Waals surface area (Å²) in [6.07, 6.45) is 17.5. The summed E-state index contributed by atoms with van der Waals surface area (Å²) >= 11 is 2.48. The Balaban J connectivity index is 1.69. The van der Waals surface area contributed by atoms with Gasteiger partial charge in [-0.3, -0.25) is 0 Å². The lowest BCUT2D eigenvalue weighted by molar-refractivity contribution is -0.0158. The van der Waals surface area contributed by atoms with Crippen LogP contribution in [0.1, 0.15) is 83.5 Å². The van der Waals surface area contributed by atoms with Crippen molar-refractivity contribution in [3.05, 3.63) is 0 Å². The third kappa shape index (κ3) is 5.66. The predicted octanol–water partition coefficient (Wildman–Crippen LogP) is 5.63. The van der Waals surface area contributed by atoms with Gasteiger partial charge in [-0.05, 0) is 49.4 Å². The molecule has 0 radical (unpaired) electrons. The molecule has 0 atom stereocenters. The summed E-state index contributed by atoms with van der Waals surface area (Å²) in [4.78, 5) is 0. The van der Waals surface area contributed by atoms with Gasteiger partial charge in [0.05, 0.1) is 0 Å². The highest BCUT2D eigenvalue weighted by atomic mass is 127. The number of hydrogen-bond acceptors (Lipinski definition) is 3. The van der Waals surface area contributed by atoms with E-state index in [4.69, 9.17) is 13.3 Å². The zero-order chi connectivity index (χ0) is 16.0. The molecule has 0 aromatic carbocycles. The van der Waals surface area contributed by atoms with E-state index in [0.717, 1.165) is 6.04 Å². The maximum atomic E-state index is 6.72. The Kier molecular flexibility index (Phi) is 7.69. The highest BCUT2D eigenvalue weighted by molar-refractivity contribution is 14.1. The minimum atomic E-state index is -2.52. The van der Waals surface area contributed by atoms with E-state index in [1.807, 2.05) is 0 Å². The molecule has 0 aliphatic heterocycles. The van der Waals surface area contributed by atoms with Crippen LogP contribution in [0, 0.1) is 0 Å². The Morgan fingerprint density at radius 1 is 0.652 bits per heavy atom. The van der Waals surface area contributed by atoms with Gasteiger partial charge in [0.15, 0.2) is 0 Å². The van der Waals surface area contributed by atoms with E-state index in [-0.39, 0.29) is 0 Å². The third-order valence-electron chi connectivity index (χ3n) is 5.56. The third-order valence-corrected chi connectivity index (χ3v) is 9.37.